The fourth-order valence-electron chi connectivity index (χ4n) is 2.94. The minimum atomic E-state index is -0.465. The van der Waals surface area contributed by atoms with Crippen LogP contribution in [0, 0.1) is 6.57 Å². The van der Waals surface area contributed by atoms with Gasteiger partial charge in [0.15, 0.2) is 5.69 Å². The fourth-order valence-corrected chi connectivity index (χ4v) is 2.94. The summed E-state index contributed by atoms with van der Waals surface area (Å²) in [5, 5.41) is 0. The van der Waals surface area contributed by atoms with Crippen molar-refractivity contribution in [3.8, 4) is 0 Å². The molecule has 1 N–H and O–H groups in total. The molecule has 0 bridgehead atoms. The van der Waals surface area contributed by atoms with Crippen LogP contribution in [0.2, 0.25) is 0 Å². The molecule has 126 valence electrons. The summed E-state index contributed by atoms with van der Waals surface area (Å²) >= 11 is 0. The van der Waals surface area contributed by atoms with Crippen LogP contribution in [-0.4, -0.2) is 39.7 Å². The zero-order valence-electron chi connectivity index (χ0n) is 14.3. The standard InChI is InChI=1S/C18H22N4O2/c1-18(2,3)24-17(23)22-9-7-12(8-10-22)16-20-14-6-5-13(19-4)11-15(14)21-16/h5-6,11-12H,7-10H2,1-3H3,(H,20,21). The van der Waals surface area contributed by atoms with Crippen LogP contribution in [0.1, 0.15) is 45.4 Å². The average Bonchev–Trinajstić information content (AvgIpc) is 2.96. The summed E-state index contributed by atoms with van der Waals surface area (Å²) in [7, 11) is 0. The van der Waals surface area contributed by atoms with Gasteiger partial charge in [-0.1, -0.05) is 6.07 Å². The molecule has 0 unspecified atom stereocenters. The molecule has 2 heterocycles. The lowest BCUT2D eigenvalue weighted by atomic mass is 9.96. The molecule has 1 aliphatic rings. The van der Waals surface area contributed by atoms with Gasteiger partial charge in [-0.15, -0.1) is 0 Å². The van der Waals surface area contributed by atoms with E-state index in [1.807, 2.05) is 32.9 Å². The molecule has 0 spiro atoms. The number of carbonyl (C=O) groups is 1. The van der Waals surface area contributed by atoms with Crippen molar-refractivity contribution in [2.75, 3.05) is 13.1 Å². The molecule has 1 amide bonds. The minimum absolute atomic E-state index is 0.243. The van der Waals surface area contributed by atoms with E-state index in [0.717, 1.165) is 29.7 Å². The van der Waals surface area contributed by atoms with E-state index in [1.54, 1.807) is 11.0 Å². The molecule has 0 saturated carbocycles. The number of carbonyl (C=O) groups excluding carboxylic acids is 1. The highest BCUT2D eigenvalue weighted by molar-refractivity contribution is 5.79. The van der Waals surface area contributed by atoms with Crippen molar-refractivity contribution in [3.05, 3.63) is 35.4 Å². The van der Waals surface area contributed by atoms with Crippen LogP contribution in [-0.2, 0) is 4.74 Å². The number of nitrogens with one attached hydrogen (secondary N) is 1. The summed E-state index contributed by atoms with van der Waals surface area (Å²) < 4.78 is 5.43. The second-order valence-corrected chi connectivity index (χ2v) is 7.18. The zero-order valence-corrected chi connectivity index (χ0v) is 14.3. The molecule has 1 aromatic carbocycles. The smallest absolute Gasteiger partial charge is 0.410 e. The first-order valence-corrected chi connectivity index (χ1v) is 8.21. The SMILES string of the molecule is [C-]#[N+]c1ccc2nc(C3CCN(C(=O)OC(C)(C)C)CC3)[nH]c2c1. The highest BCUT2D eigenvalue weighted by atomic mass is 16.6. The Morgan fingerprint density at radius 1 is 1.38 bits per heavy atom. The fraction of sp³-hybridized carbons (Fsp3) is 0.500. The number of ether oxygens (including phenoxy) is 1. The zero-order chi connectivity index (χ0) is 17.3. The average molecular weight is 326 g/mol. The maximum Gasteiger partial charge on any atom is 0.410 e. The van der Waals surface area contributed by atoms with E-state index in [9.17, 15) is 4.79 Å². The van der Waals surface area contributed by atoms with E-state index < -0.39 is 5.60 Å². The summed E-state index contributed by atoms with van der Waals surface area (Å²) in [4.78, 5) is 25.3. The Hall–Kier alpha value is -2.55. The van der Waals surface area contributed by atoms with Crippen molar-refractivity contribution in [2.24, 2.45) is 0 Å². The van der Waals surface area contributed by atoms with Crippen molar-refractivity contribution in [1.29, 1.82) is 0 Å². The third-order valence-electron chi connectivity index (χ3n) is 4.15. The maximum atomic E-state index is 12.1. The van der Waals surface area contributed by atoms with Crippen LogP contribution in [0.5, 0.6) is 0 Å². The number of hydrogen-bond donors (Lipinski definition) is 1. The van der Waals surface area contributed by atoms with E-state index in [0.29, 0.717) is 24.7 Å². The van der Waals surface area contributed by atoms with Gasteiger partial charge in [-0.05, 0) is 45.7 Å². The van der Waals surface area contributed by atoms with Gasteiger partial charge in [0.25, 0.3) is 0 Å². The highest BCUT2D eigenvalue weighted by Crippen LogP contribution is 2.29. The van der Waals surface area contributed by atoms with Gasteiger partial charge in [0.1, 0.15) is 11.4 Å². The molecule has 2 aromatic rings. The number of benzene rings is 1. The Labute approximate surface area is 141 Å². The third kappa shape index (κ3) is 3.51. The molecule has 1 aliphatic heterocycles. The Morgan fingerprint density at radius 2 is 2.08 bits per heavy atom. The Bertz CT molecular complexity index is 789. The molecule has 0 atom stereocenters. The van der Waals surface area contributed by atoms with Gasteiger partial charge in [0, 0.05) is 19.0 Å². The van der Waals surface area contributed by atoms with Crippen molar-refractivity contribution in [3.63, 3.8) is 0 Å². The molecule has 0 radical (unpaired) electrons. The van der Waals surface area contributed by atoms with Gasteiger partial charge >= 0.3 is 6.09 Å². The van der Waals surface area contributed by atoms with E-state index in [4.69, 9.17) is 11.3 Å². The minimum Gasteiger partial charge on any atom is -0.444 e. The van der Waals surface area contributed by atoms with Gasteiger partial charge in [-0.2, -0.15) is 0 Å². The Morgan fingerprint density at radius 3 is 2.71 bits per heavy atom. The van der Waals surface area contributed by atoms with E-state index >= 15 is 0 Å². The summed E-state index contributed by atoms with van der Waals surface area (Å²) in [5.74, 6) is 1.24. The molecule has 0 aliphatic carbocycles. The molecular formula is C18H22N4O2. The number of piperidine rings is 1. The molecule has 6 nitrogen and oxygen atoms in total. The molecule has 6 heteroatoms. The number of fused-ring (bicyclic) bond motifs is 1. The molecular weight excluding hydrogens is 304 g/mol. The maximum absolute atomic E-state index is 12.1. The topological polar surface area (TPSA) is 62.6 Å². The summed E-state index contributed by atoms with van der Waals surface area (Å²) in [6, 6.07) is 5.48. The van der Waals surface area contributed by atoms with Crippen molar-refractivity contribution in [2.45, 2.75) is 45.1 Å². The van der Waals surface area contributed by atoms with E-state index in [-0.39, 0.29) is 6.09 Å². The number of rotatable bonds is 1. The Kier molecular flexibility index (Phi) is 4.18. The van der Waals surface area contributed by atoms with Gasteiger partial charge < -0.3 is 14.6 Å². The quantitative estimate of drug-likeness (QED) is 0.798. The summed E-state index contributed by atoms with van der Waals surface area (Å²) in [6.45, 7) is 14.1. The van der Waals surface area contributed by atoms with Gasteiger partial charge in [0.05, 0.1) is 17.6 Å². The number of H-pyrrole nitrogens is 1. The molecule has 1 aromatic heterocycles. The second-order valence-electron chi connectivity index (χ2n) is 7.18. The van der Waals surface area contributed by atoms with Crippen molar-refractivity contribution >= 4 is 22.8 Å². The van der Waals surface area contributed by atoms with Crippen LogP contribution in [0.4, 0.5) is 10.5 Å². The van der Waals surface area contributed by atoms with Crippen LogP contribution >= 0.6 is 0 Å². The van der Waals surface area contributed by atoms with Crippen LogP contribution in [0.25, 0.3) is 15.9 Å². The monoisotopic (exact) mass is 326 g/mol. The van der Waals surface area contributed by atoms with Crippen molar-refractivity contribution in [1.82, 2.24) is 14.9 Å². The second kappa shape index (κ2) is 6.16. The van der Waals surface area contributed by atoms with E-state index in [2.05, 4.69) is 14.8 Å². The number of hydrogen-bond acceptors (Lipinski definition) is 3. The van der Waals surface area contributed by atoms with Gasteiger partial charge in [-0.25, -0.2) is 14.6 Å². The predicted molar refractivity (Wildman–Crippen MR) is 92.1 cm³/mol. The van der Waals surface area contributed by atoms with Crippen LogP contribution in [0.3, 0.4) is 0 Å². The first-order chi connectivity index (χ1) is 11.4. The number of amides is 1. The number of aromatic nitrogens is 2. The van der Waals surface area contributed by atoms with Gasteiger partial charge in [0.2, 0.25) is 0 Å². The lowest BCUT2D eigenvalue weighted by Crippen LogP contribution is -2.41. The summed E-state index contributed by atoms with van der Waals surface area (Å²) in [6.07, 6.45) is 1.47. The normalized spacial score (nSPS) is 16.2. The van der Waals surface area contributed by atoms with Crippen LogP contribution < -0.4 is 0 Å². The molecule has 1 fully saturated rings. The third-order valence-corrected chi connectivity index (χ3v) is 4.15. The first-order valence-electron chi connectivity index (χ1n) is 8.21. The molecule has 1 saturated heterocycles. The number of imidazole rings is 1. The van der Waals surface area contributed by atoms with Gasteiger partial charge in [-0.3, -0.25) is 0 Å². The lowest BCUT2D eigenvalue weighted by molar-refractivity contribution is 0.0203. The van der Waals surface area contributed by atoms with E-state index in [1.165, 1.54) is 0 Å². The first kappa shape index (κ1) is 16.3. The highest BCUT2D eigenvalue weighted by Gasteiger charge is 2.28. The summed E-state index contributed by atoms with van der Waals surface area (Å²) in [5.41, 5.74) is 1.92. The predicted octanol–water partition coefficient (Wildman–Crippen LogP) is 4.23. The Balaban J connectivity index is 1.66. The molecule has 3 rings (SSSR count). The van der Waals surface area contributed by atoms with Crippen LogP contribution in [0.15, 0.2) is 18.2 Å². The number of nitrogens with zero attached hydrogens (tertiary/aromatic N) is 3. The lowest BCUT2D eigenvalue weighted by Gasteiger charge is -2.32. The molecule has 24 heavy (non-hydrogen) atoms. The largest absolute Gasteiger partial charge is 0.444 e. The number of aromatic amines is 1. The number of likely N-dealkylation sites (tertiary alicyclic amines) is 1. The van der Waals surface area contributed by atoms with Crippen molar-refractivity contribution < 1.29 is 9.53 Å².